The summed E-state index contributed by atoms with van der Waals surface area (Å²) in [5, 5.41) is 8.57. The van der Waals surface area contributed by atoms with Crippen LogP contribution in [0.3, 0.4) is 0 Å². The molecule has 0 aliphatic carbocycles. The Morgan fingerprint density at radius 1 is 1.18 bits per heavy atom. The monoisotopic (exact) mass is 416 g/mol. The van der Waals surface area contributed by atoms with Crippen molar-refractivity contribution in [1.29, 1.82) is 0 Å². The molecule has 1 amide bonds. The van der Waals surface area contributed by atoms with Crippen molar-refractivity contribution in [3.63, 3.8) is 0 Å². The van der Waals surface area contributed by atoms with E-state index in [1.807, 2.05) is 6.08 Å². The summed E-state index contributed by atoms with van der Waals surface area (Å²) in [4.78, 5) is 12.0. The van der Waals surface area contributed by atoms with Crippen molar-refractivity contribution in [1.82, 2.24) is 15.1 Å². The Morgan fingerprint density at radius 3 is 2.61 bits per heavy atom. The number of halogens is 3. The zero-order valence-electron chi connectivity index (χ0n) is 14.5. The number of carbonyl (C=O) groups excluding carboxylic acids is 1. The Kier molecular flexibility index (Phi) is 4.93. The van der Waals surface area contributed by atoms with Crippen LogP contribution in [0.25, 0.3) is 17.3 Å². The van der Waals surface area contributed by atoms with Crippen LogP contribution >= 0.6 is 23.2 Å². The molecule has 0 saturated heterocycles. The summed E-state index contributed by atoms with van der Waals surface area (Å²) >= 11 is 12.4. The van der Waals surface area contributed by atoms with Gasteiger partial charge >= 0.3 is 0 Å². The van der Waals surface area contributed by atoms with Gasteiger partial charge in [-0.2, -0.15) is 5.10 Å². The van der Waals surface area contributed by atoms with Crippen molar-refractivity contribution in [2.24, 2.45) is 5.73 Å². The zero-order valence-corrected chi connectivity index (χ0v) is 16.1. The molecule has 5 nitrogen and oxygen atoms in total. The first-order chi connectivity index (χ1) is 13.4. The highest BCUT2D eigenvalue weighted by atomic mass is 35.5. The number of fused-ring (bicyclic) bond motifs is 1. The van der Waals surface area contributed by atoms with Gasteiger partial charge < -0.3 is 11.1 Å². The summed E-state index contributed by atoms with van der Waals surface area (Å²) in [7, 11) is 0. The molecule has 8 heteroatoms. The topological polar surface area (TPSA) is 72.9 Å². The molecular formula is C20H15Cl2FN4O. The second-order valence-corrected chi connectivity index (χ2v) is 7.22. The van der Waals surface area contributed by atoms with E-state index in [9.17, 15) is 9.18 Å². The molecule has 4 rings (SSSR count). The molecule has 28 heavy (non-hydrogen) atoms. The molecule has 2 heterocycles. The van der Waals surface area contributed by atoms with Crippen LogP contribution in [0, 0.1) is 5.82 Å². The van der Waals surface area contributed by atoms with Gasteiger partial charge in [-0.05, 0) is 47.5 Å². The number of nitrogens with one attached hydrogen (secondary N) is 1. The van der Waals surface area contributed by atoms with Crippen LogP contribution in [0.5, 0.6) is 0 Å². The molecule has 1 aromatic heterocycles. The Hall–Kier alpha value is -2.67. The number of amides is 1. The van der Waals surface area contributed by atoms with E-state index in [2.05, 4.69) is 10.4 Å². The molecule has 142 valence electrons. The Bertz CT molecular complexity index is 1110. The lowest BCUT2D eigenvalue weighted by Crippen LogP contribution is -2.25. The molecule has 0 atom stereocenters. The predicted molar refractivity (Wildman–Crippen MR) is 108 cm³/mol. The normalized spacial score (nSPS) is 14.9. The third-order valence-electron chi connectivity index (χ3n) is 4.49. The van der Waals surface area contributed by atoms with Crippen LogP contribution in [-0.4, -0.2) is 22.2 Å². The summed E-state index contributed by atoms with van der Waals surface area (Å²) in [5.74, 6) is -0.927. The summed E-state index contributed by atoms with van der Waals surface area (Å²) < 4.78 is 14.9. The van der Waals surface area contributed by atoms with Gasteiger partial charge in [-0.1, -0.05) is 35.3 Å². The first-order valence-electron chi connectivity index (χ1n) is 8.48. The Morgan fingerprint density at radius 2 is 1.93 bits per heavy atom. The molecule has 0 radical (unpaired) electrons. The van der Waals surface area contributed by atoms with E-state index >= 15 is 0 Å². The average molecular weight is 417 g/mol. The molecule has 0 unspecified atom stereocenters. The molecule has 3 aromatic rings. The largest absolute Gasteiger partial charge is 0.364 e. The van der Waals surface area contributed by atoms with Gasteiger partial charge in [-0.3, -0.25) is 4.79 Å². The standard InChI is InChI=1S/C20H15Cl2FN4O/c21-13-3-6-17(16(22)8-13)27-19-12(7-11-1-4-14(23)5-2-11)9-25-10-15(19)18(26-27)20(24)28/h1-8,25H,9-10H2,(H2,24,28)/b12-7+. The number of nitrogens with zero attached hydrogens (tertiary/aromatic N) is 2. The maximum atomic E-state index is 13.2. The first kappa shape index (κ1) is 18.7. The predicted octanol–water partition coefficient (Wildman–Crippen LogP) is 4.06. The van der Waals surface area contributed by atoms with E-state index in [1.54, 1.807) is 35.0 Å². The van der Waals surface area contributed by atoms with Crippen LogP contribution in [-0.2, 0) is 6.54 Å². The van der Waals surface area contributed by atoms with Crippen LogP contribution < -0.4 is 11.1 Å². The lowest BCUT2D eigenvalue weighted by molar-refractivity contribution is 0.0994. The molecule has 1 aliphatic rings. The fraction of sp³-hybridized carbons (Fsp3) is 0.100. The van der Waals surface area contributed by atoms with Crippen molar-refractivity contribution in [2.45, 2.75) is 6.54 Å². The van der Waals surface area contributed by atoms with Gasteiger partial charge in [0.25, 0.3) is 5.91 Å². The highest BCUT2D eigenvalue weighted by Gasteiger charge is 2.28. The molecule has 2 aromatic carbocycles. The maximum absolute atomic E-state index is 13.2. The maximum Gasteiger partial charge on any atom is 0.269 e. The highest BCUT2D eigenvalue weighted by Crippen LogP contribution is 2.33. The fourth-order valence-corrected chi connectivity index (χ4v) is 3.75. The number of hydrogen-bond acceptors (Lipinski definition) is 3. The van der Waals surface area contributed by atoms with Crippen molar-refractivity contribution >= 4 is 40.8 Å². The van der Waals surface area contributed by atoms with Crippen LogP contribution in [0.2, 0.25) is 10.0 Å². The lowest BCUT2D eigenvalue weighted by Gasteiger charge is -2.20. The van der Waals surface area contributed by atoms with E-state index in [1.165, 1.54) is 12.1 Å². The molecule has 0 saturated carbocycles. The fourth-order valence-electron chi connectivity index (χ4n) is 3.26. The average Bonchev–Trinajstić information content (AvgIpc) is 3.04. The molecule has 1 aliphatic heterocycles. The van der Waals surface area contributed by atoms with E-state index in [-0.39, 0.29) is 11.5 Å². The minimum Gasteiger partial charge on any atom is -0.364 e. The van der Waals surface area contributed by atoms with Gasteiger partial charge in [0.05, 0.1) is 16.4 Å². The minimum atomic E-state index is -0.620. The van der Waals surface area contributed by atoms with Gasteiger partial charge in [-0.15, -0.1) is 0 Å². The lowest BCUT2D eigenvalue weighted by atomic mass is 9.99. The summed E-state index contributed by atoms with van der Waals surface area (Å²) in [6.45, 7) is 0.985. The van der Waals surface area contributed by atoms with Crippen molar-refractivity contribution in [2.75, 3.05) is 6.54 Å². The van der Waals surface area contributed by atoms with Crippen molar-refractivity contribution in [3.05, 3.63) is 80.8 Å². The summed E-state index contributed by atoms with van der Waals surface area (Å²) in [5.41, 5.74) is 9.44. The smallest absolute Gasteiger partial charge is 0.269 e. The third kappa shape index (κ3) is 3.42. The van der Waals surface area contributed by atoms with Crippen LogP contribution in [0.4, 0.5) is 4.39 Å². The van der Waals surface area contributed by atoms with E-state index in [4.69, 9.17) is 28.9 Å². The van der Waals surface area contributed by atoms with E-state index in [0.29, 0.717) is 34.4 Å². The molecule has 3 N–H and O–H groups in total. The minimum absolute atomic E-state index is 0.179. The number of rotatable bonds is 3. The third-order valence-corrected chi connectivity index (χ3v) is 5.02. The van der Waals surface area contributed by atoms with Crippen molar-refractivity contribution in [3.8, 4) is 5.69 Å². The van der Waals surface area contributed by atoms with Gasteiger partial charge in [0, 0.05) is 23.7 Å². The number of hydrogen-bond donors (Lipinski definition) is 2. The molecule has 0 spiro atoms. The number of carbonyl (C=O) groups is 1. The number of aromatic nitrogens is 2. The second kappa shape index (κ2) is 7.39. The van der Waals surface area contributed by atoms with E-state index < -0.39 is 5.91 Å². The first-order valence-corrected chi connectivity index (χ1v) is 9.24. The number of primary amides is 1. The SMILES string of the molecule is NC(=O)c1nn(-c2ccc(Cl)cc2Cl)c2c1CNC/C2=C\c1ccc(F)cc1. The van der Waals surface area contributed by atoms with Gasteiger partial charge in [-0.25, -0.2) is 9.07 Å². The van der Waals surface area contributed by atoms with Crippen LogP contribution in [0.1, 0.15) is 27.3 Å². The number of nitrogens with two attached hydrogens (primary N) is 1. The molecular weight excluding hydrogens is 402 g/mol. The van der Waals surface area contributed by atoms with Gasteiger partial charge in [0.15, 0.2) is 5.69 Å². The molecule has 0 bridgehead atoms. The van der Waals surface area contributed by atoms with Crippen LogP contribution in [0.15, 0.2) is 42.5 Å². The highest BCUT2D eigenvalue weighted by molar-refractivity contribution is 6.35. The summed E-state index contributed by atoms with van der Waals surface area (Å²) in [6.07, 6.45) is 1.91. The van der Waals surface area contributed by atoms with Crippen molar-refractivity contribution < 1.29 is 9.18 Å². The molecule has 0 fully saturated rings. The van der Waals surface area contributed by atoms with Gasteiger partial charge in [0.1, 0.15) is 5.82 Å². The van der Waals surface area contributed by atoms with Gasteiger partial charge in [0.2, 0.25) is 0 Å². The zero-order chi connectivity index (χ0) is 19.8. The Balaban J connectivity index is 1.94. The second-order valence-electron chi connectivity index (χ2n) is 6.37. The summed E-state index contributed by atoms with van der Waals surface area (Å²) in [6, 6.07) is 11.2. The quantitative estimate of drug-likeness (QED) is 0.675. The Labute approximate surface area is 170 Å². The van der Waals surface area contributed by atoms with E-state index in [0.717, 1.165) is 16.8 Å². The number of benzene rings is 2.